The summed E-state index contributed by atoms with van der Waals surface area (Å²) >= 11 is 0. The summed E-state index contributed by atoms with van der Waals surface area (Å²) in [6, 6.07) is 7.86. The normalized spacial score (nSPS) is 10.8. The lowest BCUT2D eigenvalue weighted by Gasteiger charge is -2.06. The van der Waals surface area contributed by atoms with E-state index < -0.39 is 0 Å². The van der Waals surface area contributed by atoms with E-state index in [9.17, 15) is 4.79 Å². The third kappa shape index (κ3) is 5.20. The highest BCUT2D eigenvalue weighted by atomic mass is 16.2. The van der Waals surface area contributed by atoms with Gasteiger partial charge in [0, 0.05) is 12.7 Å². The van der Waals surface area contributed by atoms with Crippen LogP contribution in [0.1, 0.15) is 25.0 Å². The number of aryl methyl sites for hydroxylation is 1. The molecule has 17 heavy (non-hydrogen) atoms. The van der Waals surface area contributed by atoms with Gasteiger partial charge in [-0.1, -0.05) is 38.1 Å². The van der Waals surface area contributed by atoms with Crippen molar-refractivity contribution >= 4 is 12.1 Å². The maximum atomic E-state index is 11.3. The summed E-state index contributed by atoms with van der Waals surface area (Å²) < 4.78 is 0. The van der Waals surface area contributed by atoms with Crippen LogP contribution in [0.25, 0.3) is 6.08 Å². The monoisotopic (exact) mass is 232 g/mol. The van der Waals surface area contributed by atoms with Crippen molar-refractivity contribution in [2.75, 3.05) is 6.54 Å². The minimum absolute atomic E-state index is 0.163. The fourth-order valence-corrected chi connectivity index (χ4v) is 1.33. The standard InChI is InChI=1S/C14H20N2O/c1-11(2)10-16-14(17)15-9-8-13-7-5-4-6-12(13)3/h4-9,11H,10H2,1-3H3,(H2,15,16,17)/b9-8+. The fourth-order valence-electron chi connectivity index (χ4n) is 1.33. The van der Waals surface area contributed by atoms with Crippen LogP contribution in [0.15, 0.2) is 30.5 Å². The molecule has 1 rings (SSSR count). The van der Waals surface area contributed by atoms with Gasteiger partial charge in [0.05, 0.1) is 0 Å². The minimum Gasteiger partial charge on any atom is -0.338 e. The number of rotatable bonds is 4. The second-order valence-corrected chi connectivity index (χ2v) is 4.44. The van der Waals surface area contributed by atoms with Crippen molar-refractivity contribution < 1.29 is 4.79 Å². The summed E-state index contributed by atoms with van der Waals surface area (Å²) in [5, 5.41) is 5.46. The Morgan fingerprint density at radius 3 is 2.71 bits per heavy atom. The van der Waals surface area contributed by atoms with Crippen LogP contribution in [-0.2, 0) is 0 Å². The van der Waals surface area contributed by atoms with Crippen LogP contribution in [0.5, 0.6) is 0 Å². The molecule has 0 saturated carbocycles. The van der Waals surface area contributed by atoms with E-state index in [1.165, 1.54) is 5.56 Å². The van der Waals surface area contributed by atoms with Crippen molar-refractivity contribution in [1.29, 1.82) is 0 Å². The van der Waals surface area contributed by atoms with Gasteiger partial charge in [0.25, 0.3) is 0 Å². The summed E-state index contributed by atoms with van der Waals surface area (Å²) in [7, 11) is 0. The maximum absolute atomic E-state index is 11.3. The molecule has 0 aliphatic heterocycles. The van der Waals surface area contributed by atoms with Gasteiger partial charge < -0.3 is 10.6 Å². The average Bonchev–Trinajstić information content (AvgIpc) is 2.29. The third-order valence-corrected chi connectivity index (χ3v) is 2.34. The summed E-state index contributed by atoms with van der Waals surface area (Å²) in [6.45, 7) is 6.84. The molecule has 0 aliphatic carbocycles. The molecule has 0 unspecified atom stereocenters. The second-order valence-electron chi connectivity index (χ2n) is 4.44. The topological polar surface area (TPSA) is 41.1 Å². The summed E-state index contributed by atoms with van der Waals surface area (Å²) in [5.74, 6) is 0.459. The number of urea groups is 1. The maximum Gasteiger partial charge on any atom is 0.318 e. The van der Waals surface area contributed by atoms with E-state index >= 15 is 0 Å². The van der Waals surface area contributed by atoms with E-state index in [0.717, 1.165) is 5.56 Å². The van der Waals surface area contributed by atoms with E-state index in [0.29, 0.717) is 12.5 Å². The van der Waals surface area contributed by atoms with Crippen LogP contribution in [0.3, 0.4) is 0 Å². The van der Waals surface area contributed by atoms with Crippen LogP contribution in [0.4, 0.5) is 4.79 Å². The Labute approximate surface area is 103 Å². The summed E-state index contributed by atoms with van der Waals surface area (Å²) in [4.78, 5) is 11.3. The highest BCUT2D eigenvalue weighted by molar-refractivity contribution is 5.75. The number of nitrogens with one attached hydrogen (secondary N) is 2. The Kier molecular flexibility index (Phi) is 5.27. The van der Waals surface area contributed by atoms with E-state index in [2.05, 4.69) is 24.5 Å². The molecule has 0 radical (unpaired) electrons. The fraction of sp³-hybridized carbons (Fsp3) is 0.357. The van der Waals surface area contributed by atoms with Crippen LogP contribution in [0.2, 0.25) is 0 Å². The Morgan fingerprint density at radius 2 is 2.06 bits per heavy atom. The molecule has 2 N–H and O–H groups in total. The molecular weight excluding hydrogens is 212 g/mol. The van der Waals surface area contributed by atoms with E-state index in [-0.39, 0.29) is 6.03 Å². The molecule has 92 valence electrons. The molecule has 0 saturated heterocycles. The van der Waals surface area contributed by atoms with Crippen molar-refractivity contribution in [3.63, 3.8) is 0 Å². The molecule has 0 bridgehead atoms. The van der Waals surface area contributed by atoms with Crippen LogP contribution < -0.4 is 10.6 Å². The predicted molar refractivity (Wildman–Crippen MR) is 71.6 cm³/mol. The van der Waals surface area contributed by atoms with Gasteiger partial charge in [-0.15, -0.1) is 0 Å². The molecule has 3 nitrogen and oxygen atoms in total. The molecule has 1 aromatic rings. The quantitative estimate of drug-likeness (QED) is 0.823. The lowest BCUT2D eigenvalue weighted by atomic mass is 10.1. The number of carbonyl (C=O) groups excluding carboxylic acids is 1. The van der Waals surface area contributed by atoms with Gasteiger partial charge in [-0.25, -0.2) is 4.79 Å². The average molecular weight is 232 g/mol. The van der Waals surface area contributed by atoms with Crippen molar-refractivity contribution in [3.05, 3.63) is 41.6 Å². The van der Waals surface area contributed by atoms with Crippen molar-refractivity contribution in [2.45, 2.75) is 20.8 Å². The number of hydrogen-bond donors (Lipinski definition) is 2. The minimum atomic E-state index is -0.163. The molecule has 3 heteroatoms. The zero-order chi connectivity index (χ0) is 12.7. The first-order chi connectivity index (χ1) is 8.09. The van der Waals surface area contributed by atoms with Crippen LogP contribution in [0, 0.1) is 12.8 Å². The second kappa shape index (κ2) is 6.74. The van der Waals surface area contributed by atoms with Crippen LogP contribution >= 0.6 is 0 Å². The van der Waals surface area contributed by atoms with E-state index in [1.807, 2.05) is 37.3 Å². The first-order valence-corrected chi connectivity index (χ1v) is 5.86. The summed E-state index contributed by atoms with van der Waals surface area (Å²) in [5.41, 5.74) is 2.30. The van der Waals surface area contributed by atoms with Crippen LogP contribution in [-0.4, -0.2) is 12.6 Å². The van der Waals surface area contributed by atoms with Crippen molar-refractivity contribution in [1.82, 2.24) is 10.6 Å². The predicted octanol–water partition coefficient (Wildman–Crippen LogP) is 2.92. The van der Waals surface area contributed by atoms with Gasteiger partial charge in [-0.05, 0) is 30.0 Å². The molecule has 0 aliphatic rings. The van der Waals surface area contributed by atoms with Gasteiger partial charge in [0.15, 0.2) is 0 Å². The highest BCUT2D eigenvalue weighted by Crippen LogP contribution is 2.07. The molecule has 0 aromatic heterocycles. The number of carbonyl (C=O) groups is 1. The lowest BCUT2D eigenvalue weighted by molar-refractivity contribution is 0.243. The number of benzene rings is 1. The van der Waals surface area contributed by atoms with Gasteiger partial charge in [-0.3, -0.25) is 0 Å². The van der Waals surface area contributed by atoms with E-state index in [1.54, 1.807) is 6.20 Å². The zero-order valence-corrected chi connectivity index (χ0v) is 10.7. The Hall–Kier alpha value is -1.77. The zero-order valence-electron chi connectivity index (χ0n) is 10.7. The number of hydrogen-bond acceptors (Lipinski definition) is 1. The van der Waals surface area contributed by atoms with Gasteiger partial charge in [0.1, 0.15) is 0 Å². The van der Waals surface area contributed by atoms with Gasteiger partial charge >= 0.3 is 6.03 Å². The van der Waals surface area contributed by atoms with Gasteiger partial charge in [0.2, 0.25) is 0 Å². The van der Waals surface area contributed by atoms with E-state index in [4.69, 9.17) is 0 Å². The molecule has 0 atom stereocenters. The SMILES string of the molecule is Cc1ccccc1/C=C/NC(=O)NCC(C)C. The van der Waals surface area contributed by atoms with Crippen molar-refractivity contribution in [3.8, 4) is 0 Å². The highest BCUT2D eigenvalue weighted by Gasteiger charge is 1.98. The smallest absolute Gasteiger partial charge is 0.318 e. The Balaban J connectivity index is 2.40. The third-order valence-electron chi connectivity index (χ3n) is 2.34. The molecule has 0 fully saturated rings. The first-order valence-electron chi connectivity index (χ1n) is 5.86. The molecule has 1 aromatic carbocycles. The molecule has 0 spiro atoms. The Bertz CT molecular complexity index is 397. The Morgan fingerprint density at radius 1 is 1.35 bits per heavy atom. The molecule has 0 heterocycles. The first kappa shape index (κ1) is 13.3. The number of amides is 2. The largest absolute Gasteiger partial charge is 0.338 e. The molecular formula is C14H20N2O. The van der Waals surface area contributed by atoms with Crippen molar-refractivity contribution in [2.24, 2.45) is 5.92 Å². The summed E-state index contributed by atoms with van der Waals surface area (Å²) in [6.07, 6.45) is 3.56. The molecule has 2 amide bonds. The lowest BCUT2D eigenvalue weighted by Crippen LogP contribution is -2.34. The van der Waals surface area contributed by atoms with Gasteiger partial charge in [-0.2, -0.15) is 0 Å².